The lowest BCUT2D eigenvalue weighted by Gasteiger charge is -2.36. The Bertz CT molecular complexity index is 1350. The number of aromatic carboxylic acids is 1. The number of hydrogen-bond donors (Lipinski definition) is 1. The van der Waals surface area contributed by atoms with Gasteiger partial charge in [-0.1, -0.05) is 12.1 Å². The lowest BCUT2D eigenvalue weighted by molar-refractivity contribution is -0.138. The molecule has 4 rings (SSSR count). The Kier molecular flexibility index (Phi) is 10.2. The second-order valence-electron chi connectivity index (χ2n) is 10.3. The van der Waals surface area contributed by atoms with Crippen LogP contribution in [0.15, 0.2) is 36.7 Å². The largest absolute Gasteiger partial charge is 0.478 e. The van der Waals surface area contributed by atoms with E-state index < -0.39 is 28.8 Å². The van der Waals surface area contributed by atoms with Gasteiger partial charge in [-0.2, -0.15) is 13.2 Å². The lowest BCUT2D eigenvalue weighted by atomic mass is 9.82. The van der Waals surface area contributed by atoms with Crippen LogP contribution in [0.25, 0.3) is 0 Å². The van der Waals surface area contributed by atoms with Crippen molar-refractivity contribution >= 4 is 28.9 Å². The monoisotopic (exact) mass is 610 g/mol. The average molecular weight is 611 g/mol. The van der Waals surface area contributed by atoms with Crippen molar-refractivity contribution in [3.8, 4) is 10.8 Å². The summed E-state index contributed by atoms with van der Waals surface area (Å²) < 4.78 is 59.3. The van der Waals surface area contributed by atoms with Gasteiger partial charge in [0.1, 0.15) is 11.3 Å². The number of hydrogen-bond acceptors (Lipinski definition) is 8. The first-order valence-corrected chi connectivity index (χ1v) is 14.2. The second kappa shape index (κ2) is 13.7. The first kappa shape index (κ1) is 31.4. The number of nitrogens with zero attached hydrogens (tertiary/aromatic N) is 4. The Labute approximate surface area is 245 Å². The zero-order valence-electron chi connectivity index (χ0n) is 23.5. The Morgan fingerprint density at radius 3 is 2.40 bits per heavy atom. The molecule has 42 heavy (non-hydrogen) atoms. The third-order valence-electron chi connectivity index (χ3n) is 7.20. The van der Waals surface area contributed by atoms with Gasteiger partial charge in [0.05, 0.1) is 43.2 Å². The summed E-state index contributed by atoms with van der Waals surface area (Å²) in [5.41, 5.74) is -1.20. The van der Waals surface area contributed by atoms with Crippen molar-refractivity contribution in [2.45, 2.75) is 51.4 Å². The molecule has 0 atom stereocenters. The molecule has 2 aromatic heterocycles. The van der Waals surface area contributed by atoms with Crippen LogP contribution >= 0.6 is 11.3 Å². The standard InChI is InChI=1S/C28H33F3N4O6S/c1-17-4-6-18(7-5-17)25(36)35(19(15-39-2)16-40-3)24-9-8-20(12-22(24)26(37)38)41-27-23(28(29,30)31)13-21(42-27)14-34-11-10-32-33-34/h8-13,17-19H,4-7,14-16H2,1-3H3,(H,37,38). The first-order chi connectivity index (χ1) is 20.0. The molecular weight excluding hydrogens is 577 g/mol. The molecule has 1 saturated carbocycles. The molecule has 0 bridgehead atoms. The number of aromatic nitrogens is 3. The van der Waals surface area contributed by atoms with Crippen LogP contribution in [0.5, 0.6) is 10.8 Å². The molecule has 2 heterocycles. The van der Waals surface area contributed by atoms with Gasteiger partial charge in [-0.15, -0.1) is 16.4 Å². The summed E-state index contributed by atoms with van der Waals surface area (Å²) in [6.07, 6.45) is 1.32. The van der Waals surface area contributed by atoms with E-state index in [-0.39, 0.29) is 48.6 Å². The highest BCUT2D eigenvalue weighted by Gasteiger charge is 2.38. The number of methoxy groups -OCH3 is 2. The molecule has 1 aliphatic rings. The van der Waals surface area contributed by atoms with Crippen LogP contribution in [0.4, 0.5) is 18.9 Å². The average Bonchev–Trinajstić information content (AvgIpc) is 3.60. The van der Waals surface area contributed by atoms with Crippen LogP contribution in [-0.2, 0) is 27.0 Å². The molecule has 228 valence electrons. The van der Waals surface area contributed by atoms with Crippen LogP contribution in [-0.4, -0.2) is 65.5 Å². The van der Waals surface area contributed by atoms with Crippen LogP contribution in [0.2, 0.25) is 0 Å². The van der Waals surface area contributed by atoms with Crippen LogP contribution in [0, 0.1) is 11.8 Å². The highest BCUT2D eigenvalue weighted by Crippen LogP contribution is 2.44. The van der Waals surface area contributed by atoms with Crippen molar-refractivity contribution in [2.75, 3.05) is 32.3 Å². The highest BCUT2D eigenvalue weighted by atomic mass is 32.1. The number of carbonyl (C=O) groups excluding carboxylic acids is 1. The summed E-state index contributed by atoms with van der Waals surface area (Å²) >= 11 is 0.770. The minimum Gasteiger partial charge on any atom is -0.478 e. The summed E-state index contributed by atoms with van der Waals surface area (Å²) in [5.74, 6) is -1.54. The predicted octanol–water partition coefficient (Wildman–Crippen LogP) is 5.72. The molecule has 10 nitrogen and oxygen atoms in total. The van der Waals surface area contributed by atoms with Gasteiger partial charge < -0.3 is 24.2 Å². The van der Waals surface area contributed by atoms with Gasteiger partial charge >= 0.3 is 12.1 Å². The number of amides is 1. The first-order valence-electron chi connectivity index (χ1n) is 13.4. The molecule has 1 aliphatic carbocycles. The lowest BCUT2D eigenvalue weighted by Crippen LogP contribution is -2.49. The fourth-order valence-electron chi connectivity index (χ4n) is 5.10. The number of alkyl halides is 3. The van der Waals surface area contributed by atoms with E-state index in [1.54, 1.807) is 0 Å². The Hall–Kier alpha value is -3.49. The molecule has 1 amide bonds. The molecule has 0 radical (unpaired) electrons. The van der Waals surface area contributed by atoms with Gasteiger partial charge in [0.25, 0.3) is 0 Å². The predicted molar refractivity (Wildman–Crippen MR) is 148 cm³/mol. The van der Waals surface area contributed by atoms with E-state index in [2.05, 4.69) is 17.2 Å². The van der Waals surface area contributed by atoms with Crippen molar-refractivity contribution in [1.82, 2.24) is 15.0 Å². The van der Waals surface area contributed by atoms with Crippen molar-refractivity contribution in [2.24, 2.45) is 11.8 Å². The maximum absolute atomic E-state index is 13.9. The highest BCUT2D eigenvalue weighted by molar-refractivity contribution is 7.14. The van der Waals surface area contributed by atoms with E-state index >= 15 is 0 Å². The molecule has 0 spiro atoms. The number of rotatable bonds is 12. The summed E-state index contributed by atoms with van der Waals surface area (Å²) in [5, 5.41) is 17.2. The summed E-state index contributed by atoms with van der Waals surface area (Å²) in [6, 6.07) is 4.22. The van der Waals surface area contributed by atoms with Crippen LogP contribution in [0.1, 0.15) is 53.4 Å². The zero-order chi connectivity index (χ0) is 30.4. The molecule has 14 heteroatoms. The molecule has 1 fully saturated rings. The summed E-state index contributed by atoms with van der Waals surface area (Å²) in [4.78, 5) is 28.1. The van der Waals surface area contributed by atoms with E-state index in [4.69, 9.17) is 14.2 Å². The summed E-state index contributed by atoms with van der Waals surface area (Å²) in [6.45, 7) is 2.35. The zero-order valence-corrected chi connectivity index (χ0v) is 24.3. The fourth-order valence-corrected chi connectivity index (χ4v) is 6.13. The normalized spacial score (nSPS) is 17.4. The SMILES string of the molecule is COCC(COC)N(C(=O)C1CCC(C)CC1)c1ccc(Oc2sc(Cn3ccnn3)cc2C(F)(F)F)cc1C(=O)O. The molecule has 0 unspecified atom stereocenters. The molecule has 1 aromatic carbocycles. The number of ether oxygens (including phenoxy) is 3. The summed E-state index contributed by atoms with van der Waals surface area (Å²) in [7, 11) is 2.94. The maximum atomic E-state index is 13.9. The number of benzene rings is 1. The maximum Gasteiger partial charge on any atom is 0.420 e. The van der Waals surface area contributed by atoms with Gasteiger partial charge in [0.2, 0.25) is 5.91 Å². The molecule has 0 aliphatic heterocycles. The molecule has 0 saturated heterocycles. The van der Waals surface area contributed by atoms with Crippen LogP contribution in [0.3, 0.4) is 0 Å². The number of halogens is 3. The third kappa shape index (κ3) is 7.47. The minimum atomic E-state index is -4.71. The number of carbonyl (C=O) groups is 2. The molecular formula is C28H33F3N4O6S. The van der Waals surface area contributed by atoms with E-state index in [1.807, 2.05) is 0 Å². The Morgan fingerprint density at radius 2 is 1.83 bits per heavy atom. The number of anilines is 1. The third-order valence-corrected chi connectivity index (χ3v) is 8.20. The van der Waals surface area contributed by atoms with E-state index in [0.29, 0.717) is 23.6 Å². The van der Waals surface area contributed by atoms with E-state index in [9.17, 15) is 27.9 Å². The number of carboxylic acid groups (broad SMARTS) is 1. The number of thiophene rings is 1. The van der Waals surface area contributed by atoms with Gasteiger partial charge in [-0.25, -0.2) is 9.48 Å². The fraction of sp³-hybridized carbons (Fsp3) is 0.500. The second-order valence-corrected chi connectivity index (χ2v) is 11.4. The quantitative estimate of drug-likeness (QED) is 0.277. The van der Waals surface area contributed by atoms with E-state index in [0.717, 1.165) is 36.3 Å². The number of carboxylic acids is 1. The van der Waals surface area contributed by atoms with Gasteiger partial charge in [0.15, 0.2) is 5.06 Å². The van der Waals surface area contributed by atoms with Crippen LogP contribution < -0.4 is 9.64 Å². The minimum absolute atomic E-state index is 0.0494. The van der Waals surface area contributed by atoms with E-state index in [1.165, 1.54) is 48.3 Å². The smallest absolute Gasteiger partial charge is 0.420 e. The van der Waals surface area contributed by atoms with Crippen molar-refractivity contribution < 1.29 is 42.1 Å². The van der Waals surface area contributed by atoms with Gasteiger partial charge in [-0.05, 0) is 55.9 Å². The Balaban J connectivity index is 1.71. The van der Waals surface area contributed by atoms with Gasteiger partial charge in [0, 0.05) is 31.2 Å². The van der Waals surface area contributed by atoms with Crippen molar-refractivity contribution in [1.29, 1.82) is 0 Å². The molecule has 3 aromatic rings. The van der Waals surface area contributed by atoms with Crippen molar-refractivity contribution in [3.05, 3.63) is 52.7 Å². The topological polar surface area (TPSA) is 116 Å². The van der Waals surface area contributed by atoms with Gasteiger partial charge in [-0.3, -0.25) is 4.79 Å². The molecule has 1 N–H and O–H groups in total. The van der Waals surface area contributed by atoms with Crippen molar-refractivity contribution in [3.63, 3.8) is 0 Å². The Morgan fingerprint density at radius 1 is 1.14 bits per heavy atom.